The van der Waals surface area contributed by atoms with Crippen molar-refractivity contribution in [3.63, 3.8) is 0 Å². The smallest absolute Gasteiger partial charge is 0.161 e. The van der Waals surface area contributed by atoms with E-state index < -0.39 is 0 Å². The summed E-state index contributed by atoms with van der Waals surface area (Å²) in [4.78, 5) is 0. The first-order valence-electron chi connectivity index (χ1n) is 9.15. The Kier molecular flexibility index (Phi) is 5.83. The van der Waals surface area contributed by atoms with Crippen molar-refractivity contribution in [3.05, 3.63) is 58.1 Å². The molecule has 1 fully saturated rings. The second-order valence-corrected chi connectivity index (χ2v) is 8.33. The van der Waals surface area contributed by atoms with Crippen molar-refractivity contribution >= 4 is 23.4 Å². The van der Waals surface area contributed by atoms with Gasteiger partial charge in [-0.05, 0) is 47.6 Å². The molecule has 6 heteroatoms. The van der Waals surface area contributed by atoms with Gasteiger partial charge in [0.05, 0.1) is 12.2 Å². The van der Waals surface area contributed by atoms with Crippen LogP contribution < -0.4 is 9.47 Å². The third kappa shape index (κ3) is 4.37. The number of hydrogen-bond donors (Lipinski definition) is 1. The van der Waals surface area contributed by atoms with Gasteiger partial charge >= 0.3 is 0 Å². The van der Waals surface area contributed by atoms with E-state index in [2.05, 4.69) is 6.07 Å². The van der Waals surface area contributed by atoms with Crippen molar-refractivity contribution in [1.29, 1.82) is 0 Å². The summed E-state index contributed by atoms with van der Waals surface area (Å²) in [5.41, 5.74) is 3.24. The standard InChI is InChI=1S/C21H23ClO4S/c1-27-21-12-16(23)11-19(26-21)14-3-4-17(22)15(10-14)8-13-2-5-18-20(9-13)25-7-6-24-18/h2-5,9-10,16,19,21,23H,6-8,11-12H2,1H3. The molecule has 27 heavy (non-hydrogen) atoms. The molecule has 2 aliphatic rings. The number of rotatable bonds is 4. The second-order valence-electron chi connectivity index (χ2n) is 6.92. The van der Waals surface area contributed by atoms with Gasteiger partial charge in [-0.25, -0.2) is 0 Å². The van der Waals surface area contributed by atoms with E-state index in [-0.39, 0.29) is 17.6 Å². The largest absolute Gasteiger partial charge is 0.486 e. The fraction of sp³-hybridized carbons (Fsp3) is 0.429. The predicted molar refractivity (Wildman–Crippen MR) is 108 cm³/mol. The molecule has 0 saturated carbocycles. The Labute approximate surface area is 168 Å². The van der Waals surface area contributed by atoms with E-state index in [1.54, 1.807) is 11.8 Å². The number of aliphatic hydroxyl groups excluding tert-OH is 1. The third-order valence-electron chi connectivity index (χ3n) is 4.97. The van der Waals surface area contributed by atoms with Crippen molar-refractivity contribution in [2.24, 2.45) is 0 Å². The van der Waals surface area contributed by atoms with Crippen molar-refractivity contribution in [1.82, 2.24) is 0 Å². The normalized spacial score (nSPS) is 24.6. The number of benzene rings is 2. The minimum Gasteiger partial charge on any atom is -0.486 e. The van der Waals surface area contributed by atoms with Crippen LogP contribution in [-0.2, 0) is 11.2 Å². The molecule has 3 atom stereocenters. The lowest BCUT2D eigenvalue weighted by Gasteiger charge is -2.32. The van der Waals surface area contributed by atoms with Crippen molar-refractivity contribution in [2.45, 2.75) is 36.9 Å². The van der Waals surface area contributed by atoms with Crippen LogP contribution >= 0.6 is 23.4 Å². The molecule has 2 aliphatic heterocycles. The van der Waals surface area contributed by atoms with Crippen LogP contribution in [0, 0.1) is 0 Å². The SMILES string of the molecule is CSC1CC(O)CC(c2ccc(Cl)c(Cc3ccc4c(c3)OCCO4)c2)O1. The van der Waals surface area contributed by atoms with E-state index in [9.17, 15) is 5.11 Å². The zero-order chi connectivity index (χ0) is 18.8. The van der Waals surface area contributed by atoms with Gasteiger partial charge in [0.25, 0.3) is 0 Å². The molecule has 4 rings (SSSR count). The van der Waals surface area contributed by atoms with Gasteiger partial charge in [-0.3, -0.25) is 0 Å². The molecule has 0 aliphatic carbocycles. The second kappa shape index (κ2) is 8.31. The summed E-state index contributed by atoms with van der Waals surface area (Å²) < 4.78 is 17.4. The lowest BCUT2D eigenvalue weighted by Crippen LogP contribution is -2.29. The van der Waals surface area contributed by atoms with Gasteiger partial charge in [0, 0.05) is 17.9 Å². The van der Waals surface area contributed by atoms with E-state index in [4.69, 9.17) is 25.8 Å². The first-order valence-corrected chi connectivity index (χ1v) is 10.8. The summed E-state index contributed by atoms with van der Waals surface area (Å²) in [5.74, 6) is 1.57. The average Bonchev–Trinajstić information content (AvgIpc) is 2.69. The first-order chi connectivity index (χ1) is 13.1. The van der Waals surface area contributed by atoms with Crippen LogP contribution in [0.1, 0.15) is 35.6 Å². The summed E-state index contributed by atoms with van der Waals surface area (Å²) in [7, 11) is 0. The molecule has 2 aromatic rings. The highest BCUT2D eigenvalue weighted by molar-refractivity contribution is 7.99. The molecule has 0 amide bonds. The van der Waals surface area contributed by atoms with Crippen molar-refractivity contribution in [3.8, 4) is 11.5 Å². The summed E-state index contributed by atoms with van der Waals surface area (Å²) in [5, 5.41) is 10.9. The summed E-state index contributed by atoms with van der Waals surface area (Å²) in [6.45, 7) is 1.16. The number of thioether (sulfide) groups is 1. The van der Waals surface area contributed by atoms with Gasteiger partial charge < -0.3 is 19.3 Å². The number of aliphatic hydroxyl groups is 1. The zero-order valence-electron chi connectivity index (χ0n) is 15.2. The maximum absolute atomic E-state index is 10.2. The molecule has 144 valence electrons. The molecule has 3 unspecified atom stereocenters. The predicted octanol–water partition coefficient (Wildman–Crippen LogP) is 4.60. The van der Waals surface area contributed by atoms with E-state index in [1.807, 2.05) is 36.6 Å². The molecule has 2 aromatic carbocycles. The summed E-state index contributed by atoms with van der Waals surface area (Å²) >= 11 is 8.10. The minimum absolute atomic E-state index is 0.0238. The lowest BCUT2D eigenvalue weighted by atomic mass is 9.95. The van der Waals surface area contributed by atoms with Crippen LogP contribution in [0.5, 0.6) is 11.5 Å². The Morgan fingerprint density at radius 1 is 1.07 bits per heavy atom. The van der Waals surface area contributed by atoms with Crippen LogP contribution in [0.3, 0.4) is 0 Å². The number of ether oxygens (including phenoxy) is 3. The molecule has 4 nitrogen and oxygen atoms in total. The van der Waals surface area contributed by atoms with E-state index >= 15 is 0 Å². The van der Waals surface area contributed by atoms with Crippen LogP contribution in [0.15, 0.2) is 36.4 Å². The van der Waals surface area contributed by atoms with E-state index in [0.29, 0.717) is 32.5 Å². The van der Waals surface area contributed by atoms with Crippen molar-refractivity contribution < 1.29 is 19.3 Å². The van der Waals surface area contributed by atoms with Gasteiger partial charge in [0.1, 0.15) is 18.6 Å². The lowest BCUT2D eigenvalue weighted by molar-refractivity contribution is -0.0605. The molecule has 0 spiro atoms. The highest BCUT2D eigenvalue weighted by atomic mass is 35.5. The Hall–Kier alpha value is -1.40. The van der Waals surface area contributed by atoms with Crippen LogP contribution in [0.25, 0.3) is 0 Å². The molecule has 0 bridgehead atoms. The van der Waals surface area contributed by atoms with Crippen molar-refractivity contribution in [2.75, 3.05) is 19.5 Å². The highest BCUT2D eigenvalue weighted by Gasteiger charge is 2.29. The third-order valence-corrected chi connectivity index (χ3v) is 6.17. The Balaban J connectivity index is 1.56. The van der Waals surface area contributed by atoms with Gasteiger partial charge in [-0.15, -0.1) is 11.8 Å². The van der Waals surface area contributed by atoms with Gasteiger partial charge in [0.2, 0.25) is 0 Å². The highest BCUT2D eigenvalue weighted by Crippen LogP contribution is 2.37. The maximum atomic E-state index is 10.2. The molecule has 1 saturated heterocycles. The number of halogens is 1. The Morgan fingerprint density at radius 2 is 1.89 bits per heavy atom. The average molecular weight is 407 g/mol. The quantitative estimate of drug-likeness (QED) is 0.803. The van der Waals surface area contributed by atoms with Crippen LogP contribution in [0.4, 0.5) is 0 Å². The molecular weight excluding hydrogens is 384 g/mol. The topological polar surface area (TPSA) is 47.9 Å². The van der Waals surface area contributed by atoms with E-state index in [0.717, 1.165) is 33.2 Å². The van der Waals surface area contributed by atoms with Gasteiger partial charge in [0.15, 0.2) is 11.5 Å². The molecule has 1 N–H and O–H groups in total. The minimum atomic E-state index is -0.335. The molecular formula is C21H23ClO4S. The molecule has 2 heterocycles. The fourth-order valence-corrected chi connectivity index (χ4v) is 4.42. The number of hydrogen-bond acceptors (Lipinski definition) is 5. The number of fused-ring (bicyclic) bond motifs is 1. The fourth-order valence-electron chi connectivity index (χ4n) is 3.57. The van der Waals surface area contributed by atoms with Crippen LogP contribution in [0.2, 0.25) is 5.02 Å². The Bertz CT molecular complexity index is 813. The monoisotopic (exact) mass is 406 g/mol. The van der Waals surface area contributed by atoms with Gasteiger partial charge in [-0.2, -0.15) is 0 Å². The van der Waals surface area contributed by atoms with E-state index in [1.165, 1.54) is 0 Å². The summed E-state index contributed by atoms with van der Waals surface area (Å²) in [6.07, 6.45) is 3.55. The first kappa shape index (κ1) is 18.9. The molecule has 0 aromatic heterocycles. The zero-order valence-corrected chi connectivity index (χ0v) is 16.8. The Morgan fingerprint density at radius 3 is 2.70 bits per heavy atom. The molecule has 0 radical (unpaired) electrons. The summed E-state index contributed by atoms with van der Waals surface area (Å²) in [6, 6.07) is 12.0. The maximum Gasteiger partial charge on any atom is 0.161 e. The van der Waals surface area contributed by atoms with Gasteiger partial charge in [-0.1, -0.05) is 29.8 Å². The van der Waals surface area contributed by atoms with Crippen LogP contribution in [-0.4, -0.2) is 36.1 Å².